The van der Waals surface area contributed by atoms with Gasteiger partial charge in [0.25, 0.3) is 8.32 Å². The van der Waals surface area contributed by atoms with Crippen molar-refractivity contribution in [2.24, 2.45) is 0 Å². The van der Waals surface area contributed by atoms with E-state index in [-0.39, 0.29) is 23.2 Å². The summed E-state index contributed by atoms with van der Waals surface area (Å²) in [5.74, 6) is -0.347. The maximum absolute atomic E-state index is 11.5. The standard InChI is InChI=1S/C26H34O4Si/c1-26(2,3)31(21-13-7-5-8-14-21,22-15-9-6-10-16-22)30-24-18-12-20-29-23(24)17-11-19-25(27)28-4/h5-11,13-16,19,23-24H,12,17-18,20H2,1-4H3/b19-11+/t23-,24+/m0/s1. The molecule has 166 valence electrons. The molecule has 0 saturated carbocycles. The molecule has 1 heterocycles. The third-order valence-electron chi connectivity index (χ3n) is 5.95. The highest BCUT2D eigenvalue weighted by atomic mass is 28.4. The minimum absolute atomic E-state index is 0.0395. The zero-order valence-electron chi connectivity index (χ0n) is 19.0. The van der Waals surface area contributed by atoms with E-state index in [0.29, 0.717) is 6.42 Å². The summed E-state index contributed by atoms with van der Waals surface area (Å²) in [6.45, 7) is 7.58. The largest absolute Gasteiger partial charge is 0.466 e. The molecule has 0 bridgehead atoms. The number of ether oxygens (including phenoxy) is 2. The average Bonchev–Trinajstić information content (AvgIpc) is 2.78. The molecule has 0 radical (unpaired) electrons. The van der Waals surface area contributed by atoms with Gasteiger partial charge in [0.1, 0.15) is 0 Å². The molecule has 0 aliphatic carbocycles. The molecular weight excluding hydrogens is 404 g/mol. The molecule has 1 aliphatic rings. The molecule has 0 unspecified atom stereocenters. The van der Waals surface area contributed by atoms with E-state index in [0.717, 1.165) is 19.4 Å². The molecule has 1 saturated heterocycles. The van der Waals surface area contributed by atoms with Crippen LogP contribution < -0.4 is 10.4 Å². The fraction of sp³-hybridized carbons (Fsp3) is 0.423. The summed E-state index contributed by atoms with van der Waals surface area (Å²) in [6, 6.07) is 21.3. The molecule has 31 heavy (non-hydrogen) atoms. The normalized spacial score (nSPS) is 20.0. The molecule has 0 spiro atoms. The molecule has 0 amide bonds. The lowest BCUT2D eigenvalue weighted by atomic mass is 10.0. The van der Waals surface area contributed by atoms with Crippen LogP contribution in [0.5, 0.6) is 0 Å². The van der Waals surface area contributed by atoms with Crippen molar-refractivity contribution in [3.05, 3.63) is 72.8 Å². The number of rotatable bonds is 7. The van der Waals surface area contributed by atoms with E-state index >= 15 is 0 Å². The molecule has 1 fully saturated rings. The van der Waals surface area contributed by atoms with Gasteiger partial charge in [-0.3, -0.25) is 0 Å². The summed E-state index contributed by atoms with van der Waals surface area (Å²) < 4.78 is 18.1. The number of hydrogen-bond acceptors (Lipinski definition) is 4. The number of hydrogen-bond donors (Lipinski definition) is 0. The first-order chi connectivity index (χ1) is 14.9. The predicted octanol–water partition coefficient (Wildman–Crippen LogP) is 4.23. The van der Waals surface area contributed by atoms with E-state index in [1.165, 1.54) is 23.6 Å². The van der Waals surface area contributed by atoms with Gasteiger partial charge in [0.15, 0.2) is 0 Å². The third-order valence-corrected chi connectivity index (χ3v) is 11.0. The smallest absolute Gasteiger partial charge is 0.330 e. The van der Waals surface area contributed by atoms with E-state index < -0.39 is 8.32 Å². The number of methoxy groups -OCH3 is 1. The number of esters is 1. The zero-order valence-corrected chi connectivity index (χ0v) is 20.0. The first kappa shape index (κ1) is 23.5. The van der Waals surface area contributed by atoms with Crippen molar-refractivity contribution in [2.75, 3.05) is 13.7 Å². The van der Waals surface area contributed by atoms with E-state index in [1.54, 1.807) is 0 Å². The third kappa shape index (κ3) is 5.35. The highest BCUT2D eigenvalue weighted by molar-refractivity contribution is 6.99. The van der Waals surface area contributed by atoms with Crippen molar-refractivity contribution in [1.29, 1.82) is 0 Å². The summed E-state index contributed by atoms with van der Waals surface area (Å²) in [6.07, 6.45) is 5.72. The van der Waals surface area contributed by atoms with Crippen LogP contribution in [0.3, 0.4) is 0 Å². The van der Waals surface area contributed by atoms with Crippen LogP contribution in [0.2, 0.25) is 5.04 Å². The first-order valence-corrected chi connectivity index (χ1v) is 12.9. The molecule has 0 N–H and O–H groups in total. The quantitative estimate of drug-likeness (QED) is 0.369. The van der Waals surface area contributed by atoms with Crippen LogP contribution in [-0.4, -0.2) is 40.2 Å². The van der Waals surface area contributed by atoms with Gasteiger partial charge < -0.3 is 13.9 Å². The SMILES string of the molecule is COC(=O)/C=C/C[C@@H]1OCCC[C@H]1O[Si](c1ccccc1)(c1ccccc1)C(C)(C)C. The second-order valence-electron chi connectivity index (χ2n) is 9.03. The van der Waals surface area contributed by atoms with Crippen LogP contribution in [-0.2, 0) is 18.7 Å². The van der Waals surface area contributed by atoms with Crippen LogP contribution in [0.25, 0.3) is 0 Å². The van der Waals surface area contributed by atoms with Crippen LogP contribution in [0, 0.1) is 0 Å². The van der Waals surface area contributed by atoms with E-state index in [1.807, 2.05) is 6.08 Å². The van der Waals surface area contributed by atoms with Crippen molar-refractivity contribution < 1.29 is 18.7 Å². The Morgan fingerprint density at radius 2 is 1.65 bits per heavy atom. The molecule has 4 nitrogen and oxygen atoms in total. The topological polar surface area (TPSA) is 44.8 Å². The molecule has 2 aromatic rings. The van der Waals surface area contributed by atoms with Gasteiger partial charge in [-0.25, -0.2) is 4.79 Å². The van der Waals surface area contributed by atoms with E-state index in [9.17, 15) is 4.79 Å². The Morgan fingerprint density at radius 1 is 1.06 bits per heavy atom. The maximum Gasteiger partial charge on any atom is 0.330 e. The van der Waals surface area contributed by atoms with Gasteiger partial charge in [-0.2, -0.15) is 0 Å². The van der Waals surface area contributed by atoms with Gasteiger partial charge in [0.05, 0.1) is 19.3 Å². The van der Waals surface area contributed by atoms with E-state index in [4.69, 9.17) is 13.9 Å². The number of carbonyl (C=O) groups excluding carboxylic acids is 1. The number of carbonyl (C=O) groups is 1. The monoisotopic (exact) mass is 438 g/mol. The summed E-state index contributed by atoms with van der Waals surface area (Å²) in [5, 5.41) is 2.45. The van der Waals surface area contributed by atoms with Crippen molar-refractivity contribution in [2.45, 2.75) is 57.3 Å². The second-order valence-corrected chi connectivity index (χ2v) is 13.3. The minimum atomic E-state index is -2.64. The lowest BCUT2D eigenvalue weighted by molar-refractivity contribution is -0.134. The van der Waals surface area contributed by atoms with Gasteiger partial charge in [-0.05, 0) is 34.7 Å². The summed E-state index contributed by atoms with van der Waals surface area (Å²) in [7, 11) is -1.25. The number of benzene rings is 2. The van der Waals surface area contributed by atoms with Crippen LogP contribution in [0.1, 0.15) is 40.0 Å². The summed E-state index contributed by atoms with van der Waals surface area (Å²) in [4.78, 5) is 11.5. The van der Waals surface area contributed by atoms with Crippen molar-refractivity contribution in [3.63, 3.8) is 0 Å². The molecule has 5 heteroatoms. The van der Waals surface area contributed by atoms with Crippen molar-refractivity contribution in [3.8, 4) is 0 Å². The molecule has 0 aromatic heterocycles. The summed E-state index contributed by atoms with van der Waals surface area (Å²) >= 11 is 0. The fourth-order valence-corrected chi connectivity index (χ4v) is 9.19. The predicted molar refractivity (Wildman–Crippen MR) is 127 cm³/mol. The highest BCUT2D eigenvalue weighted by Crippen LogP contribution is 2.39. The lowest BCUT2D eigenvalue weighted by Crippen LogP contribution is -2.68. The highest BCUT2D eigenvalue weighted by Gasteiger charge is 2.52. The van der Waals surface area contributed by atoms with Gasteiger partial charge in [0, 0.05) is 12.7 Å². The average molecular weight is 439 g/mol. The van der Waals surface area contributed by atoms with Crippen LogP contribution in [0.15, 0.2) is 72.8 Å². The molecule has 3 rings (SSSR count). The molecule has 1 aliphatic heterocycles. The van der Waals surface area contributed by atoms with Crippen molar-refractivity contribution >= 4 is 24.7 Å². The molecule has 2 atom stereocenters. The van der Waals surface area contributed by atoms with Crippen LogP contribution >= 0.6 is 0 Å². The molecule has 2 aromatic carbocycles. The van der Waals surface area contributed by atoms with E-state index in [2.05, 4.69) is 81.4 Å². The Hall–Kier alpha value is -2.21. The fourth-order valence-electron chi connectivity index (χ4n) is 4.45. The van der Waals surface area contributed by atoms with Crippen molar-refractivity contribution in [1.82, 2.24) is 0 Å². The first-order valence-electron chi connectivity index (χ1n) is 11.0. The Bertz CT molecular complexity index is 818. The van der Waals surface area contributed by atoms with Gasteiger partial charge in [-0.1, -0.05) is 87.5 Å². The van der Waals surface area contributed by atoms with Gasteiger partial charge in [-0.15, -0.1) is 0 Å². The maximum atomic E-state index is 11.5. The summed E-state index contributed by atoms with van der Waals surface area (Å²) in [5.41, 5.74) is 0. The van der Waals surface area contributed by atoms with Gasteiger partial charge in [0.2, 0.25) is 0 Å². The second kappa shape index (κ2) is 10.4. The zero-order chi connectivity index (χ0) is 22.3. The Morgan fingerprint density at radius 3 is 2.16 bits per heavy atom. The molecular formula is C26H34O4Si. The Balaban J connectivity index is 2.01. The minimum Gasteiger partial charge on any atom is -0.466 e. The van der Waals surface area contributed by atoms with Crippen LogP contribution in [0.4, 0.5) is 0 Å². The Kier molecular flexibility index (Phi) is 7.87. The lowest BCUT2D eigenvalue weighted by Gasteiger charge is -2.47. The Labute approximate surface area is 187 Å². The van der Waals surface area contributed by atoms with Gasteiger partial charge >= 0.3 is 5.97 Å².